The fourth-order valence-electron chi connectivity index (χ4n) is 5.37. The molecule has 1 N–H and O–H groups in total. The summed E-state index contributed by atoms with van der Waals surface area (Å²) >= 11 is 3.70. The Balaban J connectivity index is 1.57. The highest BCUT2D eigenvalue weighted by atomic mass is 79.9. The summed E-state index contributed by atoms with van der Waals surface area (Å²) in [6.07, 6.45) is 8.84. The number of hydrogen-bond donors (Lipinski definition) is 1. The van der Waals surface area contributed by atoms with E-state index in [1.54, 1.807) is 0 Å². The van der Waals surface area contributed by atoms with Gasteiger partial charge in [0.2, 0.25) is 5.91 Å². The van der Waals surface area contributed by atoms with Crippen LogP contribution in [-0.4, -0.2) is 17.3 Å². The highest BCUT2D eigenvalue weighted by Gasteiger charge is 2.54. The molecule has 2 nitrogen and oxygen atoms in total. The first kappa shape index (κ1) is 14.9. The van der Waals surface area contributed by atoms with Crippen molar-refractivity contribution in [1.82, 2.24) is 5.32 Å². The predicted molar refractivity (Wildman–Crippen MR) is 85.8 cm³/mol. The van der Waals surface area contributed by atoms with Crippen molar-refractivity contribution in [2.75, 3.05) is 6.54 Å². The number of amides is 1. The highest BCUT2D eigenvalue weighted by Crippen LogP contribution is 2.60. The predicted octanol–water partition coefficient (Wildman–Crippen LogP) is 4.13. The molecule has 4 bridgehead atoms. The average Bonchev–Trinajstić information content (AvgIpc) is 2.33. The molecule has 114 valence electrons. The summed E-state index contributed by atoms with van der Waals surface area (Å²) in [5.41, 5.74) is 0.0132. The van der Waals surface area contributed by atoms with E-state index in [0.29, 0.717) is 16.7 Å². The third kappa shape index (κ3) is 2.93. The largest absolute Gasteiger partial charge is 0.354 e. The molecule has 4 rings (SSSR count). The van der Waals surface area contributed by atoms with Crippen LogP contribution >= 0.6 is 15.9 Å². The monoisotopic (exact) mass is 341 g/mol. The summed E-state index contributed by atoms with van der Waals surface area (Å²) in [5, 5.41) is 3.26. The molecule has 0 radical (unpaired) electrons. The van der Waals surface area contributed by atoms with Crippen LogP contribution in [0.2, 0.25) is 0 Å². The molecule has 0 aliphatic heterocycles. The molecule has 1 amide bonds. The molecule has 4 aliphatic rings. The number of halogens is 1. The Morgan fingerprint density at radius 3 is 2.10 bits per heavy atom. The molecule has 4 fully saturated rings. The summed E-state index contributed by atoms with van der Waals surface area (Å²) in [6, 6.07) is 0. The summed E-state index contributed by atoms with van der Waals surface area (Å²) in [6.45, 7) is 5.25. The van der Waals surface area contributed by atoms with Crippen LogP contribution in [-0.2, 0) is 4.79 Å². The molecule has 1 atom stereocenters. The van der Waals surface area contributed by atoms with Gasteiger partial charge in [-0.05, 0) is 68.6 Å². The Labute approximate surface area is 131 Å². The first-order valence-corrected chi connectivity index (χ1v) is 9.31. The Kier molecular flexibility index (Phi) is 4.18. The van der Waals surface area contributed by atoms with E-state index in [1.165, 1.54) is 38.5 Å². The molecular formula is C17H28BrNO. The normalized spacial score (nSPS) is 40.1. The zero-order valence-electron chi connectivity index (χ0n) is 12.8. The molecule has 4 saturated carbocycles. The van der Waals surface area contributed by atoms with Gasteiger partial charge >= 0.3 is 0 Å². The van der Waals surface area contributed by atoms with Crippen LogP contribution in [0.4, 0.5) is 0 Å². The maximum Gasteiger partial charge on any atom is 0.226 e. The quantitative estimate of drug-likeness (QED) is 0.748. The summed E-state index contributed by atoms with van der Waals surface area (Å²) in [4.78, 5) is 13.2. The zero-order valence-corrected chi connectivity index (χ0v) is 14.4. The minimum atomic E-state index is 0.0132. The van der Waals surface area contributed by atoms with Crippen molar-refractivity contribution in [3.8, 4) is 0 Å². The van der Waals surface area contributed by atoms with E-state index in [1.807, 2.05) is 0 Å². The van der Waals surface area contributed by atoms with Gasteiger partial charge in [-0.3, -0.25) is 4.79 Å². The fraction of sp³-hybridized carbons (Fsp3) is 0.941. The van der Waals surface area contributed by atoms with Gasteiger partial charge in [-0.1, -0.05) is 29.8 Å². The minimum absolute atomic E-state index is 0.0132. The van der Waals surface area contributed by atoms with Gasteiger partial charge in [-0.25, -0.2) is 0 Å². The standard InChI is InChI=1S/C17H28BrNO/c1-11(2)3-15(18)10-19-16(20)17-7-12-4-13(8-17)6-14(5-12)9-17/h11-15H,3-10H2,1-2H3,(H,19,20). The van der Waals surface area contributed by atoms with Crippen molar-refractivity contribution in [3.63, 3.8) is 0 Å². The maximum atomic E-state index is 12.8. The van der Waals surface area contributed by atoms with Gasteiger partial charge in [-0.15, -0.1) is 0 Å². The number of carbonyl (C=O) groups excluding carboxylic acids is 1. The zero-order chi connectivity index (χ0) is 14.3. The lowest BCUT2D eigenvalue weighted by Crippen LogP contribution is -2.54. The Hall–Kier alpha value is -0.0500. The van der Waals surface area contributed by atoms with Crippen LogP contribution in [0, 0.1) is 29.1 Å². The van der Waals surface area contributed by atoms with Crippen LogP contribution < -0.4 is 5.32 Å². The smallest absolute Gasteiger partial charge is 0.226 e. The highest BCUT2D eigenvalue weighted by molar-refractivity contribution is 9.09. The first-order chi connectivity index (χ1) is 9.47. The van der Waals surface area contributed by atoms with Gasteiger partial charge in [0.05, 0.1) is 0 Å². The molecule has 0 heterocycles. The summed E-state index contributed by atoms with van der Waals surface area (Å²) < 4.78 is 0. The van der Waals surface area contributed by atoms with E-state index in [-0.39, 0.29) is 5.41 Å². The molecule has 0 spiro atoms. The second-order valence-electron chi connectivity index (χ2n) is 8.13. The van der Waals surface area contributed by atoms with E-state index >= 15 is 0 Å². The number of hydrogen-bond acceptors (Lipinski definition) is 1. The lowest BCUT2D eigenvalue weighted by atomic mass is 9.49. The SMILES string of the molecule is CC(C)CC(Br)CNC(=O)C12CC3CC(CC(C3)C1)C2. The molecule has 20 heavy (non-hydrogen) atoms. The van der Waals surface area contributed by atoms with Gasteiger partial charge in [0.15, 0.2) is 0 Å². The number of carbonyl (C=O) groups is 1. The maximum absolute atomic E-state index is 12.8. The molecular weight excluding hydrogens is 314 g/mol. The number of alkyl halides is 1. The summed E-state index contributed by atoms with van der Waals surface area (Å²) in [7, 11) is 0. The fourth-order valence-corrected chi connectivity index (χ4v) is 6.28. The van der Waals surface area contributed by atoms with E-state index < -0.39 is 0 Å². The first-order valence-electron chi connectivity index (χ1n) is 8.39. The third-order valence-corrected chi connectivity index (χ3v) is 6.43. The molecule has 0 aromatic heterocycles. The van der Waals surface area contributed by atoms with Crippen LogP contribution in [0.5, 0.6) is 0 Å². The molecule has 4 aliphatic carbocycles. The molecule has 0 aromatic rings. The van der Waals surface area contributed by atoms with Crippen molar-refractivity contribution in [2.24, 2.45) is 29.1 Å². The minimum Gasteiger partial charge on any atom is -0.354 e. The van der Waals surface area contributed by atoms with E-state index in [9.17, 15) is 4.79 Å². The van der Waals surface area contributed by atoms with Crippen molar-refractivity contribution >= 4 is 21.8 Å². The Bertz CT molecular complexity index is 344. The van der Waals surface area contributed by atoms with Gasteiger partial charge in [0.25, 0.3) is 0 Å². The van der Waals surface area contributed by atoms with Crippen LogP contribution in [0.15, 0.2) is 0 Å². The lowest BCUT2D eigenvalue weighted by Gasteiger charge is -2.55. The van der Waals surface area contributed by atoms with Crippen molar-refractivity contribution < 1.29 is 4.79 Å². The topological polar surface area (TPSA) is 29.1 Å². The molecule has 0 aromatic carbocycles. The third-order valence-electron chi connectivity index (χ3n) is 5.73. The van der Waals surface area contributed by atoms with Crippen molar-refractivity contribution in [2.45, 2.75) is 63.6 Å². The Morgan fingerprint density at radius 1 is 1.15 bits per heavy atom. The second-order valence-corrected chi connectivity index (χ2v) is 9.43. The number of nitrogens with one attached hydrogen (secondary N) is 1. The van der Waals surface area contributed by atoms with Crippen LogP contribution in [0.1, 0.15) is 58.8 Å². The molecule has 0 saturated heterocycles. The van der Waals surface area contributed by atoms with E-state index in [0.717, 1.165) is 30.7 Å². The van der Waals surface area contributed by atoms with Gasteiger partial charge in [0, 0.05) is 16.8 Å². The van der Waals surface area contributed by atoms with Gasteiger partial charge in [-0.2, -0.15) is 0 Å². The van der Waals surface area contributed by atoms with Crippen molar-refractivity contribution in [1.29, 1.82) is 0 Å². The van der Waals surface area contributed by atoms with Crippen molar-refractivity contribution in [3.05, 3.63) is 0 Å². The average molecular weight is 342 g/mol. The molecule has 3 heteroatoms. The van der Waals surface area contributed by atoms with Gasteiger partial charge in [0.1, 0.15) is 0 Å². The van der Waals surface area contributed by atoms with Gasteiger partial charge < -0.3 is 5.32 Å². The lowest BCUT2D eigenvalue weighted by molar-refractivity contribution is -0.146. The van der Waals surface area contributed by atoms with E-state index in [4.69, 9.17) is 0 Å². The number of rotatable bonds is 5. The second kappa shape index (κ2) is 5.62. The summed E-state index contributed by atoms with van der Waals surface area (Å²) in [5.74, 6) is 3.59. The molecule has 1 unspecified atom stereocenters. The van der Waals surface area contributed by atoms with Crippen LogP contribution in [0.25, 0.3) is 0 Å². The Morgan fingerprint density at radius 2 is 1.65 bits per heavy atom. The van der Waals surface area contributed by atoms with E-state index in [2.05, 4.69) is 35.1 Å². The van der Waals surface area contributed by atoms with Crippen LogP contribution in [0.3, 0.4) is 0 Å².